The molecule has 0 aliphatic heterocycles. The summed E-state index contributed by atoms with van der Waals surface area (Å²) in [5, 5.41) is 6.50. The summed E-state index contributed by atoms with van der Waals surface area (Å²) >= 11 is 0. The molecule has 0 fully saturated rings. The summed E-state index contributed by atoms with van der Waals surface area (Å²) < 4.78 is 0. The first-order valence-electron chi connectivity index (χ1n) is 8.30. The standard InChI is InChI=1S/C20H27N3O.2ClH/c1-15(16-10-6-4-7-11-16)23-20(2,3)14-22-19(24)18(21)17-12-8-5-9-13-17;;/h4-13,15,18,23H,14,21H2,1-3H3,(H,22,24);2*1H. The first kappa shape index (κ1) is 24.4. The number of carbonyl (C=O) groups excluding carboxylic acids is 1. The molecular formula is C20H29Cl2N3O. The van der Waals surface area contributed by atoms with Gasteiger partial charge in [-0.2, -0.15) is 0 Å². The summed E-state index contributed by atoms with van der Waals surface area (Å²) in [5.41, 5.74) is 7.82. The molecule has 2 atom stereocenters. The Balaban J connectivity index is 0.00000312. The number of nitrogens with one attached hydrogen (secondary N) is 2. The zero-order valence-electron chi connectivity index (χ0n) is 15.4. The van der Waals surface area contributed by atoms with Crippen LogP contribution in [-0.2, 0) is 4.79 Å². The minimum atomic E-state index is -0.645. The third-order valence-corrected chi connectivity index (χ3v) is 4.05. The molecule has 2 unspecified atom stereocenters. The number of amides is 1. The van der Waals surface area contributed by atoms with Gasteiger partial charge in [0.1, 0.15) is 6.04 Å². The van der Waals surface area contributed by atoms with Crippen molar-refractivity contribution in [2.24, 2.45) is 5.73 Å². The summed E-state index contributed by atoms with van der Waals surface area (Å²) in [6.07, 6.45) is 0. The SMILES string of the molecule is CC(NC(C)(C)CNC(=O)C(N)c1ccccc1)c1ccccc1.Cl.Cl. The van der Waals surface area contributed by atoms with Crippen LogP contribution in [0.1, 0.15) is 44.0 Å². The Hall–Kier alpha value is -1.59. The van der Waals surface area contributed by atoms with E-state index < -0.39 is 6.04 Å². The Bertz CT molecular complexity index is 651. The van der Waals surface area contributed by atoms with Gasteiger partial charge in [-0.15, -0.1) is 24.8 Å². The fourth-order valence-electron chi connectivity index (χ4n) is 2.69. The van der Waals surface area contributed by atoms with Crippen LogP contribution in [0.25, 0.3) is 0 Å². The van der Waals surface area contributed by atoms with E-state index in [2.05, 4.69) is 43.5 Å². The molecule has 1 amide bonds. The van der Waals surface area contributed by atoms with E-state index >= 15 is 0 Å². The highest BCUT2D eigenvalue weighted by Crippen LogP contribution is 2.16. The maximum Gasteiger partial charge on any atom is 0.241 e. The molecular weight excluding hydrogens is 369 g/mol. The lowest BCUT2D eigenvalue weighted by molar-refractivity contribution is -0.122. The number of benzene rings is 2. The van der Waals surface area contributed by atoms with Gasteiger partial charge in [0, 0.05) is 18.1 Å². The topological polar surface area (TPSA) is 67.1 Å². The molecule has 0 radical (unpaired) electrons. The van der Waals surface area contributed by atoms with Crippen molar-refractivity contribution in [2.75, 3.05) is 6.54 Å². The van der Waals surface area contributed by atoms with Gasteiger partial charge in [-0.1, -0.05) is 60.7 Å². The second-order valence-electron chi connectivity index (χ2n) is 6.77. The Morgan fingerprint density at radius 3 is 1.92 bits per heavy atom. The van der Waals surface area contributed by atoms with Crippen molar-refractivity contribution < 1.29 is 4.79 Å². The molecule has 2 aromatic rings. The van der Waals surface area contributed by atoms with Crippen LogP contribution in [0.4, 0.5) is 0 Å². The van der Waals surface area contributed by atoms with Crippen molar-refractivity contribution >= 4 is 30.7 Å². The predicted molar refractivity (Wildman–Crippen MR) is 113 cm³/mol. The number of nitrogens with two attached hydrogens (primary N) is 1. The van der Waals surface area contributed by atoms with Gasteiger partial charge in [0.05, 0.1) is 0 Å². The fourth-order valence-corrected chi connectivity index (χ4v) is 2.69. The average Bonchev–Trinajstić information content (AvgIpc) is 2.60. The molecule has 4 N–H and O–H groups in total. The average molecular weight is 398 g/mol. The number of hydrogen-bond donors (Lipinski definition) is 3. The van der Waals surface area contributed by atoms with Gasteiger partial charge in [0.2, 0.25) is 5.91 Å². The minimum Gasteiger partial charge on any atom is -0.353 e. The molecule has 6 heteroatoms. The monoisotopic (exact) mass is 397 g/mol. The van der Waals surface area contributed by atoms with Crippen LogP contribution in [0.5, 0.6) is 0 Å². The lowest BCUT2D eigenvalue weighted by Crippen LogP contribution is -2.51. The van der Waals surface area contributed by atoms with Crippen LogP contribution in [0.3, 0.4) is 0 Å². The van der Waals surface area contributed by atoms with Crippen molar-refractivity contribution in [3.63, 3.8) is 0 Å². The molecule has 0 saturated heterocycles. The lowest BCUT2D eigenvalue weighted by Gasteiger charge is -2.31. The zero-order valence-corrected chi connectivity index (χ0v) is 17.1. The van der Waals surface area contributed by atoms with Crippen molar-refractivity contribution in [2.45, 2.75) is 38.4 Å². The van der Waals surface area contributed by atoms with Gasteiger partial charge >= 0.3 is 0 Å². The first-order valence-corrected chi connectivity index (χ1v) is 8.30. The fraction of sp³-hybridized carbons (Fsp3) is 0.350. The molecule has 0 aliphatic carbocycles. The second kappa shape index (κ2) is 11.2. The van der Waals surface area contributed by atoms with Gasteiger partial charge in [0.15, 0.2) is 0 Å². The molecule has 4 nitrogen and oxygen atoms in total. The van der Waals surface area contributed by atoms with E-state index in [9.17, 15) is 4.79 Å². The van der Waals surface area contributed by atoms with Gasteiger partial charge < -0.3 is 16.4 Å². The zero-order chi connectivity index (χ0) is 17.6. The molecule has 0 bridgehead atoms. The van der Waals surface area contributed by atoms with Gasteiger partial charge in [0.25, 0.3) is 0 Å². The van der Waals surface area contributed by atoms with Gasteiger partial charge in [-0.25, -0.2) is 0 Å². The van der Waals surface area contributed by atoms with Crippen molar-refractivity contribution in [3.05, 3.63) is 71.8 Å². The highest BCUT2D eigenvalue weighted by atomic mass is 35.5. The summed E-state index contributed by atoms with van der Waals surface area (Å²) in [4.78, 5) is 12.3. The van der Waals surface area contributed by atoms with Crippen LogP contribution in [-0.4, -0.2) is 18.0 Å². The molecule has 2 rings (SSSR count). The third kappa shape index (κ3) is 7.34. The summed E-state index contributed by atoms with van der Waals surface area (Å²) in [6.45, 7) is 6.76. The molecule has 144 valence electrons. The normalized spacial score (nSPS) is 12.9. The quantitative estimate of drug-likeness (QED) is 0.665. The Morgan fingerprint density at radius 1 is 0.962 bits per heavy atom. The number of halogens is 2. The van der Waals surface area contributed by atoms with Crippen molar-refractivity contribution in [3.8, 4) is 0 Å². The number of rotatable bonds is 7. The molecule has 2 aromatic carbocycles. The predicted octanol–water partition coefficient (Wildman–Crippen LogP) is 3.78. The molecule has 0 saturated carbocycles. The maximum atomic E-state index is 12.3. The largest absolute Gasteiger partial charge is 0.353 e. The third-order valence-electron chi connectivity index (χ3n) is 4.05. The van der Waals surface area contributed by atoms with Crippen molar-refractivity contribution in [1.82, 2.24) is 10.6 Å². The van der Waals surface area contributed by atoms with Crippen LogP contribution in [0, 0.1) is 0 Å². The Kier molecular flexibility index (Phi) is 10.5. The summed E-state index contributed by atoms with van der Waals surface area (Å²) in [5.74, 6) is -0.163. The number of carbonyl (C=O) groups is 1. The molecule has 0 heterocycles. The summed E-state index contributed by atoms with van der Waals surface area (Å²) in [6, 6.07) is 19.2. The van der Waals surface area contributed by atoms with E-state index in [0.717, 1.165) is 5.56 Å². The van der Waals surface area contributed by atoms with E-state index in [0.29, 0.717) is 6.54 Å². The van der Waals surface area contributed by atoms with Crippen LogP contribution >= 0.6 is 24.8 Å². The first-order chi connectivity index (χ1) is 11.4. The van der Waals surface area contributed by atoms with Crippen LogP contribution in [0.15, 0.2) is 60.7 Å². The van der Waals surface area contributed by atoms with E-state index in [4.69, 9.17) is 5.73 Å². The smallest absolute Gasteiger partial charge is 0.241 e. The van der Waals surface area contributed by atoms with E-state index in [1.54, 1.807) is 0 Å². The van der Waals surface area contributed by atoms with E-state index in [1.807, 2.05) is 48.5 Å². The van der Waals surface area contributed by atoms with Gasteiger partial charge in [-0.05, 0) is 31.9 Å². The van der Waals surface area contributed by atoms with E-state index in [-0.39, 0.29) is 42.3 Å². The molecule has 0 spiro atoms. The van der Waals surface area contributed by atoms with Gasteiger partial charge in [-0.3, -0.25) is 4.79 Å². The van der Waals surface area contributed by atoms with Crippen LogP contribution in [0.2, 0.25) is 0 Å². The Labute approximate surface area is 168 Å². The minimum absolute atomic E-state index is 0. The summed E-state index contributed by atoms with van der Waals surface area (Å²) in [7, 11) is 0. The second-order valence-corrected chi connectivity index (χ2v) is 6.77. The van der Waals surface area contributed by atoms with E-state index in [1.165, 1.54) is 5.56 Å². The Morgan fingerprint density at radius 2 is 1.42 bits per heavy atom. The van der Waals surface area contributed by atoms with Crippen LogP contribution < -0.4 is 16.4 Å². The molecule has 0 aromatic heterocycles. The molecule has 0 aliphatic rings. The number of hydrogen-bond acceptors (Lipinski definition) is 3. The highest BCUT2D eigenvalue weighted by Gasteiger charge is 2.23. The highest BCUT2D eigenvalue weighted by molar-refractivity contribution is 5.85. The maximum absolute atomic E-state index is 12.3. The van der Waals surface area contributed by atoms with Crippen molar-refractivity contribution in [1.29, 1.82) is 0 Å². The lowest BCUT2D eigenvalue weighted by atomic mass is 10.0. The molecule has 26 heavy (non-hydrogen) atoms.